The lowest BCUT2D eigenvalue weighted by Crippen LogP contribution is -2.13. The van der Waals surface area contributed by atoms with Gasteiger partial charge in [-0.15, -0.1) is 0 Å². The molecule has 1 aromatic heterocycles. The number of phenols is 6. The van der Waals surface area contributed by atoms with E-state index in [4.69, 9.17) is 23.7 Å². The van der Waals surface area contributed by atoms with Crippen molar-refractivity contribution in [2.45, 2.75) is 20.5 Å². The molecule has 9 N–H and O–H groups in total. The van der Waals surface area contributed by atoms with Crippen molar-refractivity contribution in [2.75, 3.05) is 0 Å². The van der Waals surface area contributed by atoms with Crippen molar-refractivity contribution in [1.82, 2.24) is 0 Å². The second-order valence-electron chi connectivity index (χ2n) is 11.7. The van der Waals surface area contributed by atoms with E-state index in [1.54, 1.807) is 0 Å². The Labute approximate surface area is 311 Å². The van der Waals surface area contributed by atoms with E-state index < -0.39 is 92.8 Å². The summed E-state index contributed by atoms with van der Waals surface area (Å²) in [5.74, 6) is -10.6. The van der Waals surface area contributed by atoms with Crippen LogP contribution < -0.4 is 14.9 Å². The summed E-state index contributed by atoms with van der Waals surface area (Å²) in [7, 11) is 0. The summed E-state index contributed by atoms with van der Waals surface area (Å²) in [6, 6.07) is 6.77. The zero-order valence-electron chi connectivity index (χ0n) is 28.5. The van der Waals surface area contributed by atoms with Crippen molar-refractivity contribution in [2.24, 2.45) is 0 Å². The summed E-state index contributed by atoms with van der Waals surface area (Å²) in [6.07, 6.45) is 1.30. The Hall–Kier alpha value is -8.22. The molecule has 19 heteroatoms. The molecule has 2 heterocycles. The van der Waals surface area contributed by atoms with Crippen molar-refractivity contribution in [1.29, 1.82) is 0 Å². The number of aliphatic carboxylic acids is 1. The van der Waals surface area contributed by atoms with Crippen LogP contribution in [0.15, 0.2) is 57.8 Å². The predicted molar refractivity (Wildman–Crippen MR) is 186 cm³/mol. The lowest BCUT2D eigenvalue weighted by Gasteiger charge is -2.18. The maximum absolute atomic E-state index is 12.9. The van der Waals surface area contributed by atoms with Gasteiger partial charge in [0.2, 0.25) is 11.2 Å². The molecular formula is C37H26O19. The highest BCUT2D eigenvalue weighted by atomic mass is 16.6. The first kappa shape index (κ1) is 39.0. The molecule has 6 rings (SSSR count). The Morgan fingerprint density at radius 3 is 2.09 bits per heavy atom. The summed E-state index contributed by atoms with van der Waals surface area (Å²) in [4.78, 5) is 70.8. The standard InChI is InChI=1S/C22H16O12.C15H10O7/c1-8-5-12(24)10(6-23)19-15(8)22(31)34-20-11(7-32-14(27)4-3-13(25)26)17(28)16(21(29)30)9(2)18(20)33-19;16-7-4-10(19)12-11(5-7)22-15(14(21)13(12)20)6-1-2-8(17)9(18)3-6/h3-6,24,28H,7H2,1-2H3,(H,25,26)(H,29,30);1-5,16-19,21H. The number of carbonyl (C=O) groups is 5. The van der Waals surface area contributed by atoms with Crippen molar-refractivity contribution in [3.05, 3.63) is 92.2 Å². The van der Waals surface area contributed by atoms with Crippen LogP contribution in [0.2, 0.25) is 0 Å². The van der Waals surface area contributed by atoms with Crippen LogP contribution in [0, 0.1) is 13.8 Å². The fourth-order valence-electron chi connectivity index (χ4n) is 5.45. The van der Waals surface area contributed by atoms with Crippen LogP contribution in [-0.4, -0.2) is 76.1 Å². The van der Waals surface area contributed by atoms with Gasteiger partial charge in [0.05, 0.1) is 11.1 Å². The van der Waals surface area contributed by atoms with E-state index in [9.17, 15) is 69.6 Å². The Morgan fingerprint density at radius 1 is 0.768 bits per heavy atom. The van der Waals surface area contributed by atoms with E-state index in [2.05, 4.69) is 0 Å². The third-order valence-electron chi connectivity index (χ3n) is 8.04. The number of phenolic OH excluding ortho intramolecular Hbond substituents is 5. The van der Waals surface area contributed by atoms with Gasteiger partial charge >= 0.3 is 23.9 Å². The Bertz CT molecular complexity index is 2610. The predicted octanol–water partition coefficient (Wildman–Crippen LogP) is 4.22. The molecule has 0 saturated heterocycles. The zero-order chi connectivity index (χ0) is 41.3. The van der Waals surface area contributed by atoms with Gasteiger partial charge in [0.1, 0.15) is 51.7 Å². The van der Waals surface area contributed by atoms with Crippen LogP contribution in [0.25, 0.3) is 22.3 Å². The molecule has 1 aliphatic heterocycles. The maximum atomic E-state index is 12.9. The number of carbonyl (C=O) groups excluding carboxylic acids is 3. The van der Waals surface area contributed by atoms with Gasteiger partial charge in [0.25, 0.3) is 0 Å². The van der Waals surface area contributed by atoms with E-state index in [1.165, 1.54) is 19.9 Å². The molecule has 1 aliphatic rings. The van der Waals surface area contributed by atoms with Gasteiger partial charge in [0.15, 0.2) is 40.8 Å². The lowest BCUT2D eigenvalue weighted by molar-refractivity contribution is -0.139. The quantitative estimate of drug-likeness (QED) is 0.0367. The molecule has 0 bridgehead atoms. The van der Waals surface area contributed by atoms with Crippen LogP contribution in [-0.2, 0) is 20.9 Å². The number of hydrogen-bond donors (Lipinski definition) is 9. The van der Waals surface area contributed by atoms with E-state index in [1.807, 2.05) is 0 Å². The monoisotopic (exact) mass is 774 g/mol. The smallest absolute Gasteiger partial charge is 0.347 e. The maximum Gasteiger partial charge on any atom is 0.347 e. The van der Waals surface area contributed by atoms with Crippen LogP contribution in [0.5, 0.6) is 57.5 Å². The Balaban J connectivity index is 0.000000234. The zero-order valence-corrected chi connectivity index (χ0v) is 28.5. The molecule has 19 nitrogen and oxygen atoms in total. The largest absolute Gasteiger partial charge is 0.508 e. The molecule has 0 spiro atoms. The first-order valence-corrected chi connectivity index (χ1v) is 15.5. The van der Waals surface area contributed by atoms with E-state index in [0.29, 0.717) is 12.2 Å². The van der Waals surface area contributed by atoms with E-state index in [0.717, 1.165) is 30.3 Å². The van der Waals surface area contributed by atoms with Crippen LogP contribution >= 0.6 is 0 Å². The van der Waals surface area contributed by atoms with E-state index in [-0.39, 0.29) is 62.5 Å². The van der Waals surface area contributed by atoms with Gasteiger partial charge in [0, 0.05) is 35.4 Å². The number of ether oxygens (including phenoxy) is 3. The SMILES string of the molecule is Cc1cc(O)c(C=O)c2c1C(=O)Oc1c(COC(=O)C=CC(=O)O)c(O)c(C(=O)O)c(C)c1O2.O=c1c(O)c(-c2ccc(O)c(O)c2)oc2cc(O)cc(O)c12. The number of carboxylic acids is 2. The molecule has 56 heavy (non-hydrogen) atoms. The van der Waals surface area contributed by atoms with Gasteiger partial charge in [-0.1, -0.05) is 0 Å². The minimum Gasteiger partial charge on any atom is -0.508 e. The average Bonchev–Trinajstić information content (AvgIpc) is 3.26. The number of aromatic hydroxyl groups is 7. The molecular weight excluding hydrogens is 748 g/mol. The molecule has 0 radical (unpaired) electrons. The molecule has 0 amide bonds. The number of fused-ring (bicyclic) bond motifs is 3. The second-order valence-corrected chi connectivity index (χ2v) is 11.7. The summed E-state index contributed by atoms with van der Waals surface area (Å²) < 4.78 is 21.3. The molecule has 0 atom stereocenters. The van der Waals surface area contributed by atoms with Gasteiger partial charge in [-0.05, 0) is 43.7 Å². The molecule has 0 saturated carbocycles. The Morgan fingerprint density at radius 2 is 1.46 bits per heavy atom. The number of rotatable bonds is 7. The topological polar surface area (TPSA) is 325 Å². The third-order valence-corrected chi connectivity index (χ3v) is 8.04. The average molecular weight is 775 g/mol. The minimum absolute atomic E-state index is 0.134. The summed E-state index contributed by atoms with van der Waals surface area (Å²) in [6.45, 7) is 1.83. The number of aromatic carboxylic acids is 1. The van der Waals surface area contributed by atoms with Crippen LogP contribution in [0.4, 0.5) is 0 Å². The van der Waals surface area contributed by atoms with Gasteiger partial charge in [-0.2, -0.15) is 0 Å². The van der Waals surface area contributed by atoms with E-state index >= 15 is 0 Å². The first-order valence-electron chi connectivity index (χ1n) is 15.5. The van der Waals surface area contributed by atoms with Gasteiger partial charge < -0.3 is 64.6 Å². The second kappa shape index (κ2) is 15.0. The molecule has 0 aliphatic carbocycles. The number of aldehydes is 1. The molecule has 5 aromatic rings. The Kier molecular flexibility index (Phi) is 10.5. The van der Waals surface area contributed by atoms with Crippen molar-refractivity contribution in [3.63, 3.8) is 0 Å². The summed E-state index contributed by atoms with van der Waals surface area (Å²) >= 11 is 0. The van der Waals surface area contributed by atoms with Crippen LogP contribution in [0.3, 0.4) is 0 Å². The molecule has 4 aromatic carbocycles. The number of aryl methyl sites for hydroxylation is 1. The highest BCUT2D eigenvalue weighted by Crippen LogP contribution is 2.50. The van der Waals surface area contributed by atoms with Crippen molar-refractivity contribution in [3.8, 4) is 68.8 Å². The third kappa shape index (κ3) is 7.22. The molecule has 0 unspecified atom stereocenters. The summed E-state index contributed by atoms with van der Waals surface area (Å²) in [5.41, 5.74) is -2.69. The first-order chi connectivity index (χ1) is 26.4. The molecule has 288 valence electrons. The molecule has 0 fully saturated rings. The highest BCUT2D eigenvalue weighted by Gasteiger charge is 2.36. The fourth-order valence-corrected chi connectivity index (χ4v) is 5.45. The van der Waals surface area contributed by atoms with Crippen molar-refractivity contribution < 1.29 is 88.6 Å². The number of hydrogen-bond acceptors (Lipinski definition) is 17. The highest BCUT2D eigenvalue weighted by molar-refractivity contribution is 6.03. The number of benzene rings is 4. The van der Waals surface area contributed by atoms with Crippen LogP contribution in [0.1, 0.15) is 47.8 Å². The fraction of sp³-hybridized carbons (Fsp3) is 0.0811. The lowest BCUT2D eigenvalue weighted by atomic mass is 10.0. The van der Waals surface area contributed by atoms with Gasteiger partial charge in [-0.3, -0.25) is 9.59 Å². The van der Waals surface area contributed by atoms with Crippen molar-refractivity contribution >= 4 is 41.1 Å². The minimum atomic E-state index is -1.60. The normalized spacial score (nSPS) is 11.6. The summed E-state index contributed by atoms with van der Waals surface area (Å²) in [5, 5.41) is 86.5. The number of esters is 2. The van der Waals surface area contributed by atoms with Gasteiger partial charge in [-0.25, -0.2) is 19.2 Å². The number of carboxylic acid groups (broad SMARTS) is 2.